The van der Waals surface area contributed by atoms with Gasteiger partial charge < -0.3 is 15.2 Å². The number of benzene rings is 1. The number of rotatable bonds is 5. The van der Waals surface area contributed by atoms with Crippen molar-refractivity contribution in [1.82, 2.24) is 5.32 Å². The first-order chi connectivity index (χ1) is 10.7. The van der Waals surface area contributed by atoms with Gasteiger partial charge in [0.15, 0.2) is 6.10 Å². The summed E-state index contributed by atoms with van der Waals surface area (Å²) in [6.45, 7) is 4.17. The predicted molar refractivity (Wildman–Crippen MR) is 88.0 cm³/mol. The topological polar surface area (TPSA) is 75.6 Å². The second kappa shape index (κ2) is 7.07. The molecule has 1 amide bonds. The molecule has 0 bridgehead atoms. The Morgan fingerprint density at radius 2 is 1.83 bits per heavy atom. The molecule has 1 heterocycles. The fourth-order valence-corrected chi connectivity index (χ4v) is 3.58. The molecule has 2 N–H and O–H groups in total. The summed E-state index contributed by atoms with van der Waals surface area (Å²) in [6.07, 6.45) is -0.895. The van der Waals surface area contributed by atoms with Gasteiger partial charge in [0.1, 0.15) is 6.10 Å². The summed E-state index contributed by atoms with van der Waals surface area (Å²) in [5, 5.41) is 12.8. The summed E-state index contributed by atoms with van der Waals surface area (Å²) in [5.41, 5.74) is 0.287. The summed E-state index contributed by atoms with van der Waals surface area (Å²) in [7, 11) is 0. The zero-order valence-corrected chi connectivity index (χ0v) is 14.4. The van der Waals surface area contributed by atoms with E-state index in [-0.39, 0.29) is 5.91 Å². The molecule has 23 heavy (non-hydrogen) atoms. The molecule has 2 atom stereocenters. The van der Waals surface area contributed by atoms with E-state index in [1.807, 2.05) is 13.8 Å². The normalized spacial score (nSPS) is 21.2. The molecule has 2 rings (SSSR count). The van der Waals surface area contributed by atoms with Crippen molar-refractivity contribution in [3.63, 3.8) is 0 Å². The van der Waals surface area contributed by atoms with Gasteiger partial charge in [-0.25, -0.2) is 4.79 Å². The molecule has 0 aliphatic carbocycles. The van der Waals surface area contributed by atoms with Crippen LogP contribution in [0.5, 0.6) is 0 Å². The van der Waals surface area contributed by atoms with Gasteiger partial charge >= 0.3 is 5.97 Å². The second-order valence-corrected chi connectivity index (χ2v) is 7.04. The second-order valence-electron chi connectivity index (χ2n) is 6.23. The van der Waals surface area contributed by atoms with Crippen LogP contribution in [0.15, 0.2) is 18.2 Å². The van der Waals surface area contributed by atoms with Gasteiger partial charge in [0.2, 0.25) is 5.91 Å². The van der Waals surface area contributed by atoms with Crippen molar-refractivity contribution >= 4 is 35.1 Å². The Labute approximate surface area is 144 Å². The fraction of sp³-hybridized carbons (Fsp3) is 0.500. The van der Waals surface area contributed by atoms with Crippen molar-refractivity contribution in [2.24, 2.45) is 0 Å². The van der Waals surface area contributed by atoms with Crippen LogP contribution in [0.2, 0.25) is 10.0 Å². The maximum atomic E-state index is 12.2. The monoisotopic (exact) mass is 359 g/mol. The number of hydrogen-bond donors (Lipinski definition) is 2. The highest BCUT2D eigenvalue weighted by molar-refractivity contribution is 6.36. The number of carbonyl (C=O) groups is 2. The van der Waals surface area contributed by atoms with Gasteiger partial charge in [-0.05, 0) is 30.5 Å². The summed E-state index contributed by atoms with van der Waals surface area (Å²) < 4.78 is 5.24. The molecule has 0 spiro atoms. The minimum Gasteiger partial charge on any atom is -0.479 e. The lowest BCUT2D eigenvalue weighted by Crippen LogP contribution is -2.42. The standard InChI is InChI=1S/C16H19Cl2NO4/c1-16(2,13-9(17)4-3-5-10(13)18)8-19-14(20)11-6-7-12(23-11)15(21)22/h3-5,11-12H,6-8H2,1-2H3,(H,19,20)(H,21,22)/t11-,12+/m0/s1. The smallest absolute Gasteiger partial charge is 0.332 e. The summed E-state index contributed by atoms with van der Waals surface area (Å²) >= 11 is 12.4. The maximum absolute atomic E-state index is 12.2. The van der Waals surface area contributed by atoms with E-state index < -0.39 is 23.6 Å². The van der Waals surface area contributed by atoms with E-state index >= 15 is 0 Å². The molecule has 126 valence electrons. The van der Waals surface area contributed by atoms with Crippen molar-refractivity contribution in [3.8, 4) is 0 Å². The third kappa shape index (κ3) is 4.16. The van der Waals surface area contributed by atoms with Gasteiger partial charge in [0.05, 0.1) is 0 Å². The highest BCUT2D eigenvalue weighted by Gasteiger charge is 2.35. The fourth-order valence-electron chi connectivity index (χ4n) is 2.67. The minimum atomic E-state index is -1.04. The Bertz CT molecular complexity index is 598. The Hall–Kier alpha value is -1.30. The van der Waals surface area contributed by atoms with E-state index in [9.17, 15) is 9.59 Å². The molecule has 0 saturated carbocycles. The zero-order valence-electron chi connectivity index (χ0n) is 12.9. The van der Waals surface area contributed by atoms with Crippen LogP contribution in [-0.2, 0) is 19.7 Å². The van der Waals surface area contributed by atoms with Crippen molar-refractivity contribution < 1.29 is 19.4 Å². The molecule has 1 fully saturated rings. The lowest BCUT2D eigenvalue weighted by atomic mass is 9.84. The molecule has 5 nitrogen and oxygen atoms in total. The van der Waals surface area contributed by atoms with Crippen molar-refractivity contribution in [2.75, 3.05) is 6.54 Å². The average molecular weight is 360 g/mol. The molecule has 7 heteroatoms. The van der Waals surface area contributed by atoms with Gasteiger partial charge in [-0.2, -0.15) is 0 Å². The number of carboxylic acid groups (broad SMARTS) is 1. The van der Waals surface area contributed by atoms with Gasteiger partial charge in [0.25, 0.3) is 0 Å². The van der Waals surface area contributed by atoms with Gasteiger partial charge in [-0.1, -0.05) is 43.1 Å². The number of aliphatic carboxylic acids is 1. The molecule has 1 saturated heterocycles. The summed E-state index contributed by atoms with van der Waals surface area (Å²) in [5.74, 6) is -1.35. The first kappa shape index (κ1) is 18.0. The van der Waals surface area contributed by atoms with Gasteiger partial charge in [-0.3, -0.25) is 4.79 Å². The quantitative estimate of drug-likeness (QED) is 0.847. The van der Waals surface area contributed by atoms with E-state index in [1.165, 1.54) is 0 Å². The number of carboxylic acids is 1. The lowest BCUT2D eigenvalue weighted by Gasteiger charge is -2.28. The maximum Gasteiger partial charge on any atom is 0.332 e. The van der Waals surface area contributed by atoms with Crippen molar-refractivity contribution in [1.29, 1.82) is 0 Å². The number of hydrogen-bond acceptors (Lipinski definition) is 3. The zero-order chi connectivity index (χ0) is 17.2. The van der Waals surface area contributed by atoms with Crippen LogP contribution in [0.4, 0.5) is 0 Å². The average Bonchev–Trinajstić information content (AvgIpc) is 2.94. The Kier molecular flexibility index (Phi) is 5.55. The third-order valence-corrected chi connectivity index (χ3v) is 4.56. The molecular weight excluding hydrogens is 341 g/mol. The number of ether oxygens (including phenoxy) is 1. The highest BCUT2D eigenvalue weighted by Crippen LogP contribution is 2.35. The molecule has 1 aromatic carbocycles. The highest BCUT2D eigenvalue weighted by atomic mass is 35.5. The Morgan fingerprint density at radius 3 is 2.35 bits per heavy atom. The first-order valence-electron chi connectivity index (χ1n) is 7.33. The largest absolute Gasteiger partial charge is 0.479 e. The minimum absolute atomic E-state index is 0.312. The number of nitrogens with one attached hydrogen (secondary N) is 1. The molecule has 0 unspecified atom stereocenters. The molecule has 1 aromatic rings. The van der Waals surface area contributed by atoms with E-state index in [1.54, 1.807) is 18.2 Å². The van der Waals surface area contributed by atoms with E-state index in [0.717, 1.165) is 5.56 Å². The molecule has 0 aromatic heterocycles. The number of carbonyl (C=O) groups excluding carboxylic acids is 1. The van der Waals surface area contributed by atoms with Crippen LogP contribution in [0, 0.1) is 0 Å². The van der Waals surface area contributed by atoms with Gasteiger partial charge in [-0.15, -0.1) is 0 Å². The van der Waals surface area contributed by atoms with Crippen LogP contribution < -0.4 is 5.32 Å². The van der Waals surface area contributed by atoms with E-state index in [2.05, 4.69) is 5.32 Å². The van der Waals surface area contributed by atoms with E-state index in [4.69, 9.17) is 33.0 Å². The van der Waals surface area contributed by atoms with Crippen LogP contribution in [0.1, 0.15) is 32.3 Å². The SMILES string of the molecule is CC(C)(CNC(=O)[C@@H]1CC[C@H](C(=O)O)O1)c1c(Cl)cccc1Cl. The molecule has 0 radical (unpaired) electrons. The van der Waals surface area contributed by atoms with E-state index in [0.29, 0.717) is 29.4 Å². The van der Waals surface area contributed by atoms with Crippen LogP contribution >= 0.6 is 23.2 Å². The van der Waals surface area contributed by atoms with Crippen LogP contribution in [-0.4, -0.2) is 35.7 Å². The third-order valence-electron chi connectivity index (χ3n) is 3.93. The van der Waals surface area contributed by atoms with Crippen LogP contribution in [0.3, 0.4) is 0 Å². The Morgan fingerprint density at radius 1 is 1.26 bits per heavy atom. The molecular formula is C16H19Cl2NO4. The van der Waals surface area contributed by atoms with Gasteiger partial charge in [0, 0.05) is 22.0 Å². The Balaban J connectivity index is 2.00. The predicted octanol–water partition coefficient (Wildman–Crippen LogP) is 3.02. The number of amides is 1. The lowest BCUT2D eigenvalue weighted by molar-refractivity contribution is -0.151. The number of halogens is 2. The van der Waals surface area contributed by atoms with Crippen molar-refractivity contribution in [2.45, 2.75) is 44.3 Å². The summed E-state index contributed by atoms with van der Waals surface area (Å²) in [6, 6.07) is 5.27. The van der Waals surface area contributed by atoms with Crippen molar-refractivity contribution in [3.05, 3.63) is 33.8 Å². The summed E-state index contributed by atoms with van der Waals surface area (Å²) in [4.78, 5) is 23.0. The first-order valence-corrected chi connectivity index (χ1v) is 8.08. The molecule has 1 aliphatic rings. The molecule has 1 aliphatic heterocycles. The van der Waals surface area contributed by atoms with Crippen LogP contribution in [0.25, 0.3) is 0 Å².